The Bertz CT molecular complexity index is 442. The monoisotopic (exact) mass is 251 g/mol. The smallest absolute Gasteiger partial charge is 0.248 e. The van der Waals surface area contributed by atoms with Crippen LogP contribution in [0, 0.1) is 5.82 Å². The third-order valence-corrected chi connectivity index (χ3v) is 3.36. The average molecular weight is 251 g/mol. The summed E-state index contributed by atoms with van der Waals surface area (Å²) in [7, 11) is 0. The number of hydrogen-bond donors (Lipinski definition) is 2. The summed E-state index contributed by atoms with van der Waals surface area (Å²) in [6.07, 6.45) is 1.86. The van der Waals surface area contributed by atoms with Gasteiger partial charge in [-0.2, -0.15) is 0 Å². The molecule has 1 aliphatic rings. The van der Waals surface area contributed by atoms with Crippen molar-refractivity contribution in [3.63, 3.8) is 0 Å². The summed E-state index contributed by atoms with van der Waals surface area (Å²) in [6.45, 7) is 2.22. The Morgan fingerprint density at radius 2 is 2.06 bits per heavy atom. The van der Waals surface area contributed by atoms with Gasteiger partial charge in [0.05, 0.1) is 0 Å². The molecule has 4 nitrogen and oxygen atoms in total. The molecule has 0 spiro atoms. The summed E-state index contributed by atoms with van der Waals surface area (Å²) >= 11 is 0. The number of nitrogens with zero attached hydrogens (tertiary/aromatic N) is 1. The van der Waals surface area contributed by atoms with Gasteiger partial charge >= 0.3 is 0 Å². The van der Waals surface area contributed by atoms with E-state index in [4.69, 9.17) is 11.5 Å². The van der Waals surface area contributed by atoms with Gasteiger partial charge in [0.1, 0.15) is 5.82 Å². The van der Waals surface area contributed by atoms with Crippen molar-refractivity contribution in [1.82, 2.24) is 4.90 Å². The third-order valence-electron chi connectivity index (χ3n) is 3.36. The van der Waals surface area contributed by atoms with E-state index in [0.717, 1.165) is 25.9 Å². The highest BCUT2D eigenvalue weighted by atomic mass is 19.1. The molecule has 2 rings (SSSR count). The van der Waals surface area contributed by atoms with Crippen LogP contribution in [-0.2, 0) is 6.54 Å². The normalized spacial score (nSPS) is 17.9. The molecule has 0 bridgehead atoms. The molecule has 1 saturated heterocycles. The molecule has 18 heavy (non-hydrogen) atoms. The maximum Gasteiger partial charge on any atom is 0.248 e. The van der Waals surface area contributed by atoms with E-state index in [0.29, 0.717) is 17.7 Å². The molecule has 1 fully saturated rings. The predicted molar refractivity (Wildman–Crippen MR) is 67.4 cm³/mol. The molecule has 1 aromatic rings. The van der Waals surface area contributed by atoms with Gasteiger partial charge in [0.15, 0.2) is 0 Å². The number of benzene rings is 1. The fourth-order valence-corrected chi connectivity index (χ4v) is 2.20. The van der Waals surface area contributed by atoms with Gasteiger partial charge in [-0.1, -0.05) is 0 Å². The van der Waals surface area contributed by atoms with Crippen LogP contribution in [0.5, 0.6) is 0 Å². The van der Waals surface area contributed by atoms with Gasteiger partial charge in [0, 0.05) is 23.7 Å². The molecule has 98 valence electrons. The summed E-state index contributed by atoms with van der Waals surface area (Å²) in [6, 6.07) is 4.49. The summed E-state index contributed by atoms with van der Waals surface area (Å²) in [4.78, 5) is 13.2. The Morgan fingerprint density at radius 1 is 1.39 bits per heavy atom. The lowest BCUT2D eigenvalue weighted by molar-refractivity contribution is 0.1000. The van der Waals surface area contributed by atoms with Crippen molar-refractivity contribution in [2.24, 2.45) is 11.5 Å². The SMILES string of the molecule is NC(=O)c1ccc(F)c(CN2CCC(N)CC2)c1. The second kappa shape index (κ2) is 5.46. The van der Waals surface area contributed by atoms with Crippen molar-refractivity contribution < 1.29 is 9.18 Å². The number of carbonyl (C=O) groups is 1. The van der Waals surface area contributed by atoms with E-state index in [1.807, 2.05) is 0 Å². The quantitative estimate of drug-likeness (QED) is 0.836. The number of carbonyl (C=O) groups excluding carboxylic acids is 1. The van der Waals surface area contributed by atoms with Crippen LogP contribution in [0.4, 0.5) is 4.39 Å². The molecule has 0 aliphatic carbocycles. The summed E-state index contributed by atoms with van der Waals surface area (Å²) in [5, 5.41) is 0. The van der Waals surface area contributed by atoms with E-state index < -0.39 is 5.91 Å². The number of likely N-dealkylation sites (tertiary alicyclic amines) is 1. The Labute approximate surface area is 106 Å². The van der Waals surface area contributed by atoms with Crippen molar-refractivity contribution in [1.29, 1.82) is 0 Å². The number of rotatable bonds is 3. The lowest BCUT2D eigenvalue weighted by Crippen LogP contribution is -2.39. The molecule has 1 aliphatic heterocycles. The van der Waals surface area contributed by atoms with Gasteiger partial charge in [0.25, 0.3) is 0 Å². The van der Waals surface area contributed by atoms with Crippen LogP contribution in [0.25, 0.3) is 0 Å². The number of amides is 1. The maximum absolute atomic E-state index is 13.7. The lowest BCUT2D eigenvalue weighted by Gasteiger charge is -2.30. The van der Waals surface area contributed by atoms with Gasteiger partial charge in [0.2, 0.25) is 5.91 Å². The van der Waals surface area contributed by atoms with Gasteiger partial charge < -0.3 is 11.5 Å². The molecule has 1 amide bonds. The van der Waals surface area contributed by atoms with Crippen LogP contribution in [0.1, 0.15) is 28.8 Å². The molecule has 0 unspecified atom stereocenters. The van der Waals surface area contributed by atoms with E-state index >= 15 is 0 Å². The molecule has 1 heterocycles. The second-order valence-corrected chi connectivity index (χ2v) is 4.78. The van der Waals surface area contributed by atoms with E-state index in [-0.39, 0.29) is 11.9 Å². The standard InChI is InChI=1S/C13H18FN3O/c14-12-2-1-9(13(16)18)7-10(12)8-17-5-3-11(15)4-6-17/h1-2,7,11H,3-6,8,15H2,(H2,16,18). The highest BCUT2D eigenvalue weighted by Gasteiger charge is 2.17. The molecule has 4 N–H and O–H groups in total. The number of nitrogens with two attached hydrogens (primary N) is 2. The van der Waals surface area contributed by atoms with Crippen molar-refractivity contribution in [3.8, 4) is 0 Å². The van der Waals surface area contributed by atoms with Crippen molar-refractivity contribution in [2.45, 2.75) is 25.4 Å². The third kappa shape index (κ3) is 3.05. The minimum absolute atomic E-state index is 0.253. The van der Waals surface area contributed by atoms with E-state index in [9.17, 15) is 9.18 Å². The Morgan fingerprint density at radius 3 is 2.67 bits per heavy atom. The molecule has 5 heteroatoms. The van der Waals surface area contributed by atoms with Crippen LogP contribution in [-0.4, -0.2) is 29.9 Å². The molecule has 0 radical (unpaired) electrons. The zero-order valence-corrected chi connectivity index (χ0v) is 10.2. The van der Waals surface area contributed by atoms with Crippen molar-refractivity contribution in [3.05, 3.63) is 35.1 Å². The largest absolute Gasteiger partial charge is 0.366 e. The van der Waals surface area contributed by atoms with Gasteiger partial charge in [-0.25, -0.2) is 4.39 Å². The van der Waals surface area contributed by atoms with Crippen LogP contribution < -0.4 is 11.5 Å². The number of piperidine rings is 1. The highest BCUT2D eigenvalue weighted by Crippen LogP contribution is 2.16. The summed E-state index contributed by atoms with van der Waals surface area (Å²) < 4.78 is 13.7. The molecule has 0 aromatic heterocycles. The Hall–Kier alpha value is -1.46. The van der Waals surface area contributed by atoms with E-state index in [1.165, 1.54) is 18.2 Å². The molecule has 0 saturated carbocycles. The minimum Gasteiger partial charge on any atom is -0.366 e. The van der Waals surface area contributed by atoms with Crippen LogP contribution in [0.2, 0.25) is 0 Å². The average Bonchev–Trinajstić information content (AvgIpc) is 2.34. The highest BCUT2D eigenvalue weighted by molar-refractivity contribution is 5.92. The van der Waals surface area contributed by atoms with Crippen LogP contribution in [0.3, 0.4) is 0 Å². The molecule has 1 aromatic carbocycles. The van der Waals surface area contributed by atoms with Crippen LogP contribution in [0.15, 0.2) is 18.2 Å². The fourth-order valence-electron chi connectivity index (χ4n) is 2.20. The van der Waals surface area contributed by atoms with Gasteiger partial charge in [-0.3, -0.25) is 9.69 Å². The minimum atomic E-state index is -0.531. The second-order valence-electron chi connectivity index (χ2n) is 4.78. The maximum atomic E-state index is 13.7. The summed E-state index contributed by atoms with van der Waals surface area (Å²) in [5.41, 5.74) is 11.9. The van der Waals surface area contributed by atoms with E-state index in [1.54, 1.807) is 0 Å². The zero-order chi connectivity index (χ0) is 13.1. The Balaban J connectivity index is 2.08. The first-order valence-electron chi connectivity index (χ1n) is 6.12. The topological polar surface area (TPSA) is 72.4 Å². The van der Waals surface area contributed by atoms with Crippen LogP contribution >= 0.6 is 0 Å². The van der Waals surface area contributed by atoms with Gasteiger partial charge in [-0.05, 0) is 44.1 Å². The van der Waals surface area contributed by atoms with Gasteiger partial charge in [-0.15, -0.1) is 0 Å². The first-order chi connectivity index (χ1) is 8.56. The predicted octanol–water partition coefficient (Wildman–Crippen LogP) is 0.848. The lowest BCUT2D eigenvalue weighted by atomic mass is 10.0. The fraction of sp³-hybridized carbons (Fsp3) is 0.462. The Kier molecular flexibility index (Phi) is 3.93. The molecular weight excluding hydrogens is 233 g/mol. The number of primary amides is 1. The first kappa shape index (κ1) is 13.0. The zero-order valence-electron chi connectivity index (χ0n) is 10.2. The molecule has 0 atom stereocenters. The van der Waals surface area contributed by atoms with Crippen molar-refractivity contribution in [2.75, 3.05) is 13.1 Å². The van der Waals surface area contributed by atoms with E-state index in [2.05, 4.69) is 4.90 Å². The number of hydrogen-bond acceptors (Lipinski definition) is 3. The number of halogens is 1. The molecular formula is C13H18FN3O. The first-order valence-corrected chi connectivity index (χ1v) is 6.12. The summed E-state index contributed by atoms with van der Waals surface area (Å²) in [5.74, 6) is -0.827. The van der Waals surface area contributed by atoms with Crippen molar-refractivity contribution >= 4 is 5.91 Å².